The molecule has 4 aromatic heterocycles. The molecule has 126 valence electrons. The molecule has 0 aromatic carbocycles. The monoisotopic (exact) mass is 371 g/mol. The quantitative estimate of drug-likeness (QED) is 0.388. The van der Waals surface area contributed by atoms with Crippen LogP contribution in [0.1, 0.15) is 16.2 Å². The third-order valence-corrected chi connectivity index (χ3v) is 5.09. The fraction of sp³-hybridized carbons (Fsp3) is 0.118. The van der Waals surface area contributed by atoms with Gasteiger partial charge in [-0.05, 0) is 30.5 Å². The molecule has 0 saturated carbocycles. The first-order valence-electron chi connectivity index (χ1n) is 7.43. The van der Waals surface area contributed by atoms with Gasteiger partial charge < -0.3 is 9.15 Å². The number of rotatable bonds is 5. The number of nitrogens with zero attached hydrogens (tertiary/aromatic N) is 3. The van der Waals surface area contributed by atoms with Gasteiger partial charge in [-0.15, -0.1) is 11.3 Å². The van der Waals surface area contributed by atoms with Crippen LogP contribution in [-0.2, 0) is 11.3 Å². The summed E-state index contributed by atoms with van der Waals surface area (Å²) in [6.07, 6.45) is 5.40. The van der Waals surface area contributed by atoms with E-state index in [0.717, 1.165) is 15.7 Å². The van der Waals surface area contributed by atoms with Crippen molar-refractivity contribution in [3.8, 4) is 10.8 Å². The molecule has 4 heterocycles. The molecule has 25 heavy (non-hydrogen) atoms. The lowest BCUT2D eigenvalue weighted by molar-refractivity contribution is 0.0464. The minimum Gasteiger partial charge on any atom is -0.462 e. The first kappa shape index (κ1) is 15.9. The van der Waals surface area contributed by atoms with Gasteiger partial charge in [0.2, 0.25) is 0 Å². The summed E-state index contributed by atoms with van der Waals surface area (Å²) in [4.78, 5) is 21.3. The lowest BCUT2D eigenvalue weighted by Gasteiger charge is -2.01. The molecule has 0 atom stereocenters. The van der Waals surface area contributed by atoms with Crippen LogP contribution in [0.15, 0.2) is 57.7 Å². The van der Waals surface area contributed by atoms with Crippen LogP contribution in [0.4, 0.5) is 0 Å². The Kier molecular flexibility index (Phi) is 4.29. The standard InChI is InChI=1S/C17H13N3O3S2/c1-24-17-19-14(12-5-2-3-7-20(12)17)16(21)23-9-11-10-25-15(18-11)13-6-4-8-22-13/h2-8,10H,9H2,1H3. The molecule has 0 unspecified atom stereocenters. The van der Waals surface area contributed by atoms with Crippen LogP contribution in [0.3, 0.4) is 0 Å². The predicted molar refractivity (Wildman–Crippen MR) is 95.9 cm³/mol. The molecule has 0 radical (unpaired) electrons. The van der Waals surface area contributed by atoms with Gasteiger partial charge in [-0.3, -0.25) is 4.40 Å². The number of thiazole rings is 1. The van der Waals surface area contributed by atoms with E-state index in [-0.39, 0.29) is 6.61 Å². The van der Waals surface area contributed by atoms with Crippen molar-refractivity contribution in [2.45, 2.75) is 11.8 Å². The van der Waals surface area contributed by atoms with Crippen molar-refractivity contribution in [1.82, 2.24) is 14.4 Å². The lowest BCUT2D eigenvalue weighted by Crippen LogP contribution is -2.06. The van der Waals surface area contributed by atoms with Gasteiger partial charge >= 0.3 is 5.97 Å². The molecular formula is C17H13N3O3S2. The first-order chi connectivity index (χ1) is 12.3. The third-order valence-electron chi connectivity index (χ3n) is 3.53. The number of pyridine rings is 1. The topological polar surface area (TPSA) is 69.6 Å². The van der Waals surface area contributed by atoms with Gasteiger partial charge in [0, 0.05) is 11.6 Å². The Bertz CT molecular complexity index is 1020. The average molecular weight is 371 g/mol. The summed E-state index contributed by atoms with van der Waals surface area (Å²) in [6.45, 7) is 0.0937. The van der Waals surface area contributed by atoms with Crippen molar-refractivity contribution in [3.05, 3.63) is 59.6 Å². The Morgan fingerprint density at radius 2 is 2.24 bits per heavy atom. The predicted octanol–water partition coefficient (Wildman–Crippen LogP) is 4.13. The number of carbonyl (C=O) groups is 1. The van der Waals surface area contributed by atoms with Crippen LogP contribution in [0.5, 0.6) is 0 Å². The summed E-state index contributed by atoms with van der Waals surface area (Å²) in [6, 6.07) is 9.27. The van der Waals surface area contributed by atoms with Crippen molar-refractivity contribution in [2.75, 3.05) is 6.26 Å². The van der Waals surface area contributed by atoms with Gasteiger partial charge in [0.15, 0.2) is 21.6 Å². The number of ether oxygens (including phenoxy) is 1. The van der Waals surface area contributed by atoms with Crippen molar-refractivity contribution in [2.24, 2.45) is 0 Å². The Morgan fingerprint density at radius 3 is 3.04 bits per heavy atom. The number of imidazole rings is 1. The molecular weight excluding hydrogens is 358 g/mol. The van der Waals surface area contributed by atoms with E-state index in [0.29, 0.717) is 17.1 Å². The molecule has 8 heteroatoms. The second-order valence-electron chi connectivity index (χ2n) is 5.10. The second kappa shape index (κ2) is 6.73. The van der Waals surface area contributed by atoms with E-state index in [1.165, 1.54) is 23.1 Å². The smallest absolute Gasteiger partial charge is 0.359 e. The molecule has 0 saturated heterocycles. The molecule has 0 aliphatic rings. The second-order valence-corrected chi connectivity index (χ2v) is 6.73. The van der Waals surface area contributed by atoms with Crippen LogP contribution in [0.25, 0.3) is 16.3 Å². The van der Waals surface area contributed by atoms with Crippen molar-refractivity contribution >= 4 is 34.6 Å². The minimum atomic E-state index is -0.462. The highest BCUT2D eigenvalue weighted by Crippen LogP contribution is 2.25. The van der Waals surface area contributed by atoms with Crippen molar-refractivity contribution in [3.63, 3.8) is 0 Å². The summed E-state index contributed by atoms with van der Waals surface area (Å²) in [5.41, 5.74) is 1.72. The maximum atomic E-state index is 12.4. The van der Waals surface area contributed by atoms with Crippen molar-refractivity contribution in [1.29, 1.82) is 0 Å². The zero-order valence-corrected chi connectivity index (χ0v) is 14.8. The summed E-state index contributed by atoms with van der Waals surface area (Å²) < 4.78 is 12.6. The van der Waals surface area contributed by atoms with E-state index in [9.17, 15) is 4.79 Å². The molecule has 0 aliphatic carbocycles. The number of hydrogen-bond acceptors (Lipinski definition) is 7. The van der Waals surface area contributed by atoms with E-state index >= 15 is 0 Å². The SMILES string of the molecule is CSc1nc(C(=O)OCc2csc(-c3ccco3)n2)c2ccccn12. The number of furan rings is 1. The summed E-state index contributed by atoms with van der Waals surface area (Å²) in [5.74, 6) is 0.240. The fourth-order valence-corrected chi connectivity index (χ4v) is 3.71. The number of aromatic nitrogens is 3. The summed E-state index contributed by atoms with van der Waals surface area (Å²) in [7, 11) is 0. The first-order valence-corrected chi connectivity index (χ1v) is 9.53. The highest BCUT2D eigenvalue weighted by Gasteiger charge is 2.19. The molecule has 0 N–H and O–H groups in total. The Hall–Kier alpha value is -2.58. The highest BCUT2D eigenvalue weighted by molar-refractivity contribution is 7.98. The average Bonchev–Trinajstić information content (AvgIpc) is 3.38. The van der Waals surface area contributed by atoms with Crippen LogP contribution in [-0.4, -0.2) is 26.6 Å². The molecule has 0 amide bonds. The van der Waals surface area contributed by atoms with Gasteiger partial charge in [-0.25, -0.2) is 14.8 Å². The number of thioether (sulfide) groups is 1. The Balaban J connectivity index is 1.51. The molecule has 0 spiro atoms. The molecule has 4 rings (SSSR count). The molecule has 0 fully saturated rings. The third kappa shape index (κ3) is 3.06. The summed E-state index contributed by atoms with van der Waals surface area (Å²) >= 11 is 2.92. The molecule has 4 aromatic rings. The van der Waals surface area contributed by atoms with E-state index in [1.54, 1.807) is 6.26 Å². The number of esters is 1. The molecule has 0 bridgehead atoms. The van der Waals surface area contributed by atoms with E-state index < -0.39 is 5.97 Å². The fourth-order valence-electron chi connectivity index (χ4n) is 2.40. The van der Waals surface area contributed by atoms with Crippen molar-refractivity contribution < 1.29 is 13.9 Å². The zero-order chi connectivity index (χ0) is 17.2. The summed E-state index contributed by atoms with van der Waals surface area (Å²) in [5, 5.41) is 3.36. The minimum absolute atomic E-state index is 0.0937. The molecule has 0 aliphatic heterocycles. The van der Waals surface area contributed by atoms with Crippen LogP contribution >= 0.6 is 23.1 Å². The van der Waals surface area contributed by atoms with Crippen LogP contribution in [0, 0.1) is 0 Å². The highest BCUT2D eigenvalue weighted by atomic mass is 32.2. The maximum Gasteiger partial charge on any atom is 0.359 e. The van der Waals surface area contributed by atoms with E-state index in [1.807, 2.05) is 52.6 Å². The normalized spacial score (nSPS) is 11.1. The van der Waals surface area contributed by atoms with Gasteiger partial charge in [0.1, 0.15) is 6.61 Å². The van der Waals surface area contributed by atoms with Crippen LogP contribution in [0.2, 0.25) is 0 Å². The van der Waals surface area contributed by atoms with Gasteiger partial charge in [0.25, 0.3) is 0 Å². The lowest BCUT2D eigenvalue weighted by atomic mass is 10.3. The Labute approximate surface area is 151 Å². The largest absolute Gasteiger partial charge is 0.462 e. The van der Waals surface area contributed by atoms with Crippen LogP contribution < -0.4 is 0 Å². The maximum absolute atomic E-state index is 12.4. The number of hydrogen-bond donors (Lipinski definition) is 0. The van der Waals surface area contributed by atoms with E-state index in [4.69, 9.17) is 9.15 Å². The van der Waals surface area contributed by atoms with E-state index in [2.05, 4.69) is 9.97 Å². The van der Waals surface area contributed by atoms with Gasteiger partial charge in [-0.1, -0.05) is 17.8 Å². The number of fused-ring (bicyclic) bond motifs is 1. The Morgan fingerprint density at radius 1 is 1.32 bits per heavy atom. The van der Waals surface area contributed by atoms with Gasteiger partial charge in [-0.2, -0.15) is 0 Å². The number of carbonyl (C=O) groups excluding carboxylic acids is 1. The molecule has 6 nitrogen and oxygen atoms in total. The van der Waals surface area contributed by atoms with Gasteiger partial charge in [0.05, 0.1) is 17.5 Å². The zero-order valence-electron chi connectivity index (χ0n) is 13.2.